The summed E-state index contributed by atoms with van der Waals surface area (Å²) in [6.45, 7) is 7.77. The van der Waals surface area contributed by atoms with Crippen molar-refractivity contribution in [2.45, 2.75) is 46.0 Å². The predicted octanol–water partition coefficient (Wildman–Crippen LogP) is -0.407. The third kappa shape index (κ3) is 6.38. The maximum Gasteiger partial charge on any atom is 1.00 e. The molecule has 0 saturated carbocycles. The van der Waals surface area contributed by atoms with Crippen molar-refractivity contribution >= 4 is 12.1 Å². The molecule has 0 heterocycles. The second-order valence-corrected chi connectivity index (χ2v) is 5.40. The van der Waals surface area contributed by atoms with E-state index in [9.17, 15) is 14.7 Å². The van der Waals surface area contributed by atoms with Gasteiger partial charge in [0.2, 0.25) is 0 Å². The topological polar surface area (TPSA) is 75.7 Å². The molecule has 1 aromatic carbocycles. The average molecular weight is 316 g/mol. The number of rotatable bonds is 6. The molecule has 0 aromatic heterocycles. The number of ether oxygens (including phenoxy) is 2. The number of carbonyl (C=O) groups excluding carboxylic acids is 2. The van der Waals surface area contributed by atoms with Crippen LogP contribution in [0.15, 0.2) is 18.2 Å². The van der Waals surface area contributed by atoms with Crippen molar-refractivity contribution in [1.29, 1.82) is 0 Å². The monoisotopic (exact) mass is 316 g/mol. The van der Waals surface area contributed by atoms with Crippen LogP contribution in [0.3, 0.4) is 0 Å². The van der Waals surface area contributed by atoms with E-state index in [4.69, 9.17) is 9.47 Å². The molecule has 1 aromatic rings. The number of carboxylic acids is 1. The Morgan fingerprint density at radius 3 is 2.00 bits per heavy atom. The maximum absolute atomic E-state index is 11.7. The van der Waals surface area contributed by atoms with Gasteiger partial charge in [-0.15, -0.1) is 0 Å². The molecule has 0 unspecified atom stereocenters. The predicted molar refractivity (Wildman–Crippen MR) is 76.2 cm³/mol. The molecular weight excluding hydrogens is 295 g/mol. The number of carboxylic acid groups (broad SMARTS) is 1. The summed E-state index contributed by atoms with van der Waals surface area (Å²) in [7, 11) is 0. The average Bonchev–Trinajstić information content (AvgIpc) is 2.37. The zero-order valence-corrected chi connectivity index (χ0v) is 15.8. The molecule has 0 bridgehead atoms. The van der Waals surface area contributed by atoms with E-state index < -0.39 is 12.1 Å². The third-order valence-corrected chi connectivity index (χ3v) is 3.03. The zero-order chi connectivity index (χ0) is 16.0. The Morgan fingerprint density at radius 2 is 1.59 bits per heavy atom. The molecule has 0 amide bonds. The molecular formula is C16H21NaO5. The van der Waals surface area contributed by atoms with Gasteiger partial charge >= 0.3 is 35.7 Å². The fourth-order valence-corrected chi connectivity index (χ4v) is 1.93. The van der Waals surface area contributed by atoms with Crippen molar-refractivity contribution < 1.29 is 53.7 Å². The summed E-state index contributed by atoms with van der Waals surface area (Å²) in [5, 5.41) is 10.3. The molecule has 0 saturated heterocycles. The summed E-state index contributed by atoms with van der Waals surface area (Å²) in [5.74, 6) is -0.390. The van der Waals surface area contributed by atoms with Crippen LogP contribution in [0, 0.1) is 0 Å². The minimum atomic E-state index is -1.27. The Kier molecular flexibility index (Phi) is 9.41. The Labute approximate surface area is 153 Å². The van der Waals surface area contributed by atoms with Crippen LogP contribution >= 0.6 is 0 Å². The molecule has 6 heteroatoms. The first-order chi connectivity index (χ1) is 9.82. The van der Waals surface area contributed by atoms with Gasteiger partial charge in [0.15, 0.2) is 0 Å². The zero-order valence-electron chi connectivity index (χ0n) is 13.8. The van der Waals surface area contributed by atoms with Crippen molar-refractivity contribution in [1.82, 2.24) is 0 Å². The molecule has 116 valence electrons. The van der Waals surface area contributed by atoms with Crippen molar-refractivity contribution in [2.75, 3.05) is 6.61 Å². The molecule has 0 aliphatic carbocycles. The van der Waals surface area contributed by atoms with Crippen LogP contribution in [0.2, 0.25) is 0 Å². The van der Waals surface area contributed by atoms with Gasteiger partial charge in [0.1, 0.15) is 12.4 Å². The summed E-state index contributed by atoms with van der Waals surface area (Å²) >= 11 is 0. The van der Waals surface area contributed by atoms with Gasteiger partial charge in [0, 0.05) is 12.4 Å². The Morgan fingerprint density at radius 1 is 1.09 bits per heavy atom. The number of hydrogen-bond donors (Lipinski definition) is 0. The molecule has 0 aliphatic heterocycles. The summed E-state index contributed by atoms with van der Waals surface area (Å²) in [6, 6.07) is 5.74. The molecule has 0 N–H and O–H groups in total. The number of hydrogen-bond acceptors (Lipinski definition) is 5. The summed E-state index contributed by atoms with van der Waals surface area (Å²) < 4.78 is 10.1. The summed E-state index contributed by atoms with van der Waals surface area (Å²) in [5.41, 5.74) is 1.83. The summed E-state index contributed by atoms with van der Waals surface area (Å²) in [4.78, 5) is 22.0. The van der Waals surface area contributed by atoms with Gasteiger partial charge in [-0.2, -0.15) is 0 Å². The molecule has 0 aliphatic rings. The van der Waals surface area contributed by atoms with E-state index in [-0.39, 0.29) is 54.4 Å². The van der Waals surface area contributed by atoms with E-state index in [1.54, 1.807) is 0 Å². The molecule has 1 rings (SSSR count). The van der Waals surface area contributed by atoms with Crippen LogP contribution in [0.1, 0.15) is 57.1 Å². The fraction of sp³-hybridized carbons (Fsp3) is 0.500. The van der Waals surface area contributed by atoms with Crippen molar-refractivity contribution in [3.63, 3.8) is 0 Å². The SMILES string of the molecule is CC(C)c1cccc(C(C)C)c1OC(=O)OCCC(=O)[O-].[Na+]. The van der Waals surface area contributed by atoms with Gasteiger partial charge in [0.25, 0.3) is 0 Å². The minimum absolute atomic E-state index is 0. The van der Waals surface area contributed by atoms with Gasteiger partial charge < -0.3 is 19.4 Å². The molecule has 0 atom stereocenters. The van der Waals surface area contributed by atoms with E-state index in [2.05, 4.69) is 0 Å². The van der Waals surface area contributed by atoms with E-state index in [1.807, 2.05) is 45.9 Å². The van der Waals surface area contributed by atoms with E-state index >= 15 is 0 Å². The van der Waals surface area contributed by atoms with Crippen molar-refractivity contribution in [2.24, 2.45) is 0 Å². The van der Waals surface area contributed by atoms with Crippen molar-refractivity contribution in [3.8, 4) is 5.75 Å². The van der Waals surface area contributed by atoms with Gasteiger partial charge in [-0.25, -0.2) is 4.79 Å². The number of benzene rings is 1. The van der Waals surface area contributed by atoms with Crippen LogP contribution in [-0.2, 0) is 9.53 Å². The smallest absolute Gasteiger partial charge is 0.550 e. The Hall–Kier alpha value is -1.04. The van der Waals surface area contributed by atoms with Crippen molar-refractivity contribution in [3.05, 3.63) is 29.3 Å². The quantitative estimate of drug-likeness (QED) is 0.405. The molecule has 5 nitrogen and oxygen atoms in total. The maximum atomic E-state index is 11.7. The molecule has 0 fully saturated rings. The second-order valence-electron chi connectivity index (χ2n) is 5.40. The largest absolute Gasteiger partial charge is 1.00 e. The molecule has 22 heavy (non-hydrogen) atoms. The Balaban J connectivity index is 0.00000441. The first kappa shape index (κ1) is 21.0. The second kappa shape index (κ2) is 9.87. The first-order valence-corrected chi connectivity index (χ1v) is 7.00. The Bertz CT molecular complexity index is 485. The first-order valence-electron chi connectivity index (χ1n) is 7.00. The van der Waals surface area contributed by atoms with E-state index in [0.29, 0.717) is 5.75 Å². The minimum Gasteiger partial charge on any atom is -0.550 e. The van der Waals surface area contributed by atoms with Gasteiger partial charge in [0.05, 0.1) is 0 Å². The molecule has 0 radical (unpaired) electrons. The van der Waals surface area contributed by atoms with Crippen LogP contribution < -0.4 is 39.4 Å². The number of aliphatic carboxylic acids is 1. The van der Waals surface area contributed by atoms with E-state index in [1.165, 1.54) is 0 Å². The van der Waals surface area contributed by atoms with Crippen LogP contribution in [0.5, 0.6) is 5.75 Å². The number of para-hydroxylation sites is 1. The standard InChI is InChI=1S/C16H22O5.Na/c1-10(2)12-6-5-7-13(11(3)4)15(12)21-16(19)20-9-8-14(17)18;/h5-7,10-11H,8-9H2,1-4H3,(H,17,18);/q;+1/p-1. The van der Waals surface area contributed by atoms with Gasteiger partial charge in [-0.05, 0) is 23.0 Å². The fourth-order valence-electron chi connectivity index (χ4n) is 1.93. The van der Waals surface area contributed by atoms with E-state index in [0.717, 1.165) is 11.1 Å². The normalized spacial score (nSPS) is 10.3. The summed E-state index contributed by atoms with van der Waals surface area (Å²) in [6.07, 6.45) is -1.25. The third-order valence-electron chi connectivity index (χ3n) is 3.03. The van der Waals surface area contributed by atoms with Crippen LogP contribution in [0.4, 0.5) is 4.79 Å². The van der Waals surface area contributed by atoms with Crippen LogP contribution in [-0.4, -0.2) is 18.7 Å². The van der Waals surface area contributed by atoms with Gasteiger partial charge in [-0.1, -0.05) is 45.9 Å². The molecule has 0 spiro atoms. The van der Waals surface area contributed by atoms with Gasteiger partial charge in [-0.3, -0.25) is 0 Å². The number of carbonyl (C=O) groups is 2. The van der Waals surface area contributed by atoms with Crippen LogP contribution in [0.25, 0.3) is 0 Å².